The number of rotatable bonds is 7. The molecular formula is C9H21NO. The Morgan fingerprint density at radius 1 is 1.27 bits per heavy atom. The zero-order chi connectivity index (χ0) is 8.53. The first-order valence-corrected chi connectivity index (χ1v) is 4.66. The molecule has 0 radical (unpaired) electrons. The maximum atomic E-state index is 5.31. The fourth-order valence-electron chi connectivity index (χ4n) is 0.989. The molecule has 1 N–H and O–H groups in total. The Labute approximate surface area is 70.3 Å². The van der Waals surface area contributed by atoms with Gasteiger partial charge in [0.1, 0.15) is 6.23 Å². The second-order valence-electron chi connectivity index (χ2n) is 2.76. The fourth-order valence-corrected chi connectivity index (χ4v) is 0.989. The van der Waals surface area contributed by atoms with Gasteiger partial charge in [0.15, 0.2) is 0 Å². The van der Waals surface area contributed by atoms with E-state index in [1.165, 1.54) is 19.3 Å². The van der Waals surface area contributed by atoms with Gasteiger partial charge in [0.2, 0.25) is 0 Å². The third-order valence-electron chi connectivity index (χ3n) is 1.63. The van der Waals surface area contributed by atoms with Crippen molar-refractivity contribution >= 4 is 0 Å². The van der Waals surface area contributed by atoms with Crippen molar-refractivity contribution in [3.63, 3.8) is 0 Å². The van der Waals surface area contributed by atoms with E-state index in [0.717, 1.165) is 13.2 Å². The summed E-state index contributed by atoms with van der Waals surface area (Å²) in [6.45, 7) is 8.16. The van der Waals surface area contributed by atoms with E-state index in [1.54, 1.807) is 0 Å². The van der Waals surface area contributed by atoms with Gasteiger partial charge < -0.3 is 4.74 Å². The first-order valence-electron chi connectivity index (χ1n) is 4.66. The molecule has 0 fully saturated rings. The molecule has 0 spiro atoms. The summed E-state index contributed by atoms with van der Waals surface area (Å²) in [5.41, 5.74) is 0. The second kappa shape index (κ2) is 8.02. The third-order valence-corrected chi connectivity index (χ3v) is 1.63. The Morgan fingerprint density at radius 3 is 2.55 bits per heavy atom. The van der Waals surface area contributed by atoms with Crippen molar-refractivity contribution in [1.29, 1.82) is 0 Å². The highest BCUT2D eigenvalue weighted by Crippen LogP contribution is 1.92. The highest BCUT2D eigenvalue weighted by Gasteiger charge is 1.96. The lowest BCUT2D eigenvalue weighted by Crippen LogP contribution is -2.29. The molecule has 0 saturated carbocycles. The summed E-state index contributed by atoms with van der Waals surface area (Å²) in [5.74, 6) is 0. The normalized spacial score (nSPS) is 13.4. The maximum Gasteiger partial charge on any atom is 0.105 e. The minimum Gasteiger partial charge on any atom is -0.364 e. The van der Waals surface area contributed by atoms with Crippen LogP contribution < -0.4 is 5.32 Å². The Balaban J connectivity index is 2.97. The first-order chi connectivity index (χ1) is 5.31. The largest absolute Gasteiger partial charge is 0.364 e. The van der Waals surface area contributed by atoms with Crippen LogP contribution in [0.2, 0.25) is 0 Å². The van der Waals surface area contributed by atoms with Crippen molar-refractivity contribution in [2.75, 3.05) is 13.2 Å². The van der Waals surface area contributed by atoms with Gasteiger partial charge in [-0.25, -0.2) is 0 Å². The van der Waals surface area contributed by atoms with Crippen LogP contribution in [-0.4, -0.2) is 19.4 Å². The van der Waals surface area contributed by atoms with Crippen molar-refractivity contribution in [3.8, 4) is 0 Å². The van der Waals surface area contributed by atoms with E-state index in [-0.39, 0.29) is 6.23 Å². The van der Waals surface area contributed by atoms with Gasteiger partial charge in [-0.15, -0.1) is 0 Å². The monoisotopic (exact) mass is 159 g/mol. The molecule has 0 aliphatic heterocycles. The molecule has 0 aromatic carbocycles. The highest BCUT2D eigenvalue weighted by molar-refractivity contribution is 4.48. The lowest BCUT2D eigenvalue weighted by Gasteiger charge is -2.12. The van der Waals surface area contributed by atoms with E-state index in [9.17, 15) is 0 Å². The molecule has 11 heavy (non-hydrogen) atoms. The molecule has 0 aliphatic carbocycles. The van der Waals surface area contributed by atoms with Crippen LogP contribution in [0.25, 0.3) is 0 Å². The van der Waals surface area contributed by atoms with Gasteiger partial charge in [-0.2, -0.15) is 0 Å². The molecule has 2 nitrogen and oxygen atoms in total. The summed E-state index contributed by atoms with van der Waals surface area (Å²) < 4.78 is 5.31. The predicted octanol–water partition coefficient (Wildman–Crippen LogP) is 2.15. The Kier molecular flexibility index (Phi) is 7.96. The maximum absolute atomic E-state index is 5.31. The Bertz CT molecular complexity index is 76.0. The lowest BCUT2D eigenvalue weighted by molar-refractivity contribution is 0.0519. The number of hydrogen-bond acceptors (Lipinski definition) is 2. The van der Waals surface area contributed by atoms with Crippen LogP contribution in [0.3, 0.4) is 0 Å². The van der Waals surface area contributed by atoms with Gasteiger partial charge in [0.05, 0.1) is 0 Å². The third kappa shape index (κ3) is 7.82. The predicted molar refractivity (Wildman–Crippen MR) is 48.6 cm³/mol. The van der Waals surface area contributed by atoms with E-state index in [0.29, 0.717) is 0 Å². The zero-order valence-corrected chi connectivity index (χ0v) is 8.02. The quantitative estimate of drug-likeness (QED) is 0.454. The molecule has 0 aromatic heterocycles. The molecule has 0 heterocycles. The number of nitrogens with one attached hydrogen (secondary N) is 1. The van der Waals surface area contributed by atoms with Gasteiger partial charge in [-0.1, -0.05) is 19.8 Å². The average Bonchev–Trinajstić information content (AvgIpc) is 1.99. The zero-order valence-electron chi connectivity index (χ0n) is 8.02. The summed E-state index contributed by atoms with van der Waals surface area (Å²) in [7, 11) is 0. The summed E-state index contributed by atoms with van der Waals surface area (Å²) in [4.78, 5) is 0. The van der Waals surface area contributed by atoms with Gasteiger partial charge in [-0.3, -0.25) is 5.32 Å². The van der Waals surface area contributed by atoms with Gasteiger partial charge in [-0.05, 0) is 26.8 Å². The molecule has 0 aromatic rings. The SMILES string of the molecule is CCCCCNC(C)OCC. The molecule has 0 rings (SSSR count). The van der Waals surface area contributed by atoms with Crippen molar-refractivity contribution in [1.82, 2.24) is 5.32 Å². The minimum atomic E-state index is 0.219. The topological polar surface area (TPSA) is 21.3 Å². The molecule has 0 saturated heterocycles. The van der Waals surface area contributed by atoms with Crippen LogP contribution in [0, 0.1) is 0 Å². The Hall–Kier alpha value is -0.0800. The first kappa shape index (κ1) is 10.9. The summed E-state index contributed by atoms with van der Waals surface area (Å²) in [5, 5.41) is 3.30. The van der Waals surface area contributed by atoms with Crippen LogP contribution in [0.5, 0.6) is 0 Å². The molecule has 0 aliphatic rings. The standard InChI is InChI=1S/C9H21NO/c1-4-6-7-8-10-9(3)11-5-2/h9-10H,4-8H2,1-3H3. The van der Waals surface area contributed by atoms with E-state index in [2.05, 4.69) is 19.2 Å². The summed E-state index contributed by atoms with van der Waals surface area (Å²) in [6.07, 6.45) is 4.07. The van der Waals surface area contributed by atoms with Crippen LogP contribution in [0.15, 0.2) is 0 Å². The van der Waals surface area contributed by atoms with Crippen LogP contribution in [0.4, 0.5) is 0 Å². The van der Waals surface area contributed by atoms with Gasteiger partial charge in [0, 0.05) is 6.61 Å². The van der Waals surface area contributed by atoms with E-state index in [1.807, 2.05) is 6.92 Å². The van der Waals surface area contributed by atoms with Crippen LogP contribution >= 0.6 is 0 Å². The molecule has 0 amide bonds. The Morgan fingerprint density at radius 2 is 2.00 bits per heavy atom. The number of unbranched alkanes of at least 4 members (excludes halogenated alkanes) is 2. The summed E-state index contributed by atoms with van der Waals surface area (Å²) >= 11 is 0. The molecule has 0 bridgehead atoms. The fraction of sp³-hybridized carbons (Fsp3) is 1.00. The van der Waals surface area contributed by atoms with Gasteiger partial charge >= 0.3 is 0 Å². The minimum absolute atomic E-state index is 0.219. The lowest BCUT2D eigenvalue weighted by atomic mass is 10.2. The van der Waals surface area contributed by atoms with Crippen molar-refractivity contribution in [2.45, 2.75) is 46.3 Å². The number of ether oxygens (including phenoxy) is 1. The van der Waals surface area contributed by atoms with E-state index in [4.69, 9.17) is 4.74 Å². The highest BCUT2D eigenvalue weighted by atomic mass is 16.5. The number of hydrogen-bond donors (Lipinski definition) is 1. The van der Waals surface area contributed by atoms with E-state index < -0.39 is 0 Å². The molecular weight excluding hydrogens is 138 g/mol. The van der Waals surface area contributed by atoms with E-state index >= 15 is 0 Å². The van der Waals surface area contributed by atoms with Crippen molar-refractivity contribution in [2.24, 2.45) is 0 Å². The molecule has 2 heteroatoms. The van der Waals surface area contributed by atoms with Gasteiger partial charge in [0.25, 0.3) is 0 Å². The summed E-state index contributed by atoms with van der Waals surface area (Å²) in [6, 6.07) is 0. The average molecular weight is 159 g/mol. The van der Waals surface area contributed by atoms with Crippen molar-refractivity contribution in [3.05, 3.63) is 0 Å². The second-order valence-corrected chi connectivity index (χ2v) is 2.76. The molecule has 1 unspecified atom stereocenters. The molecule has 1 atom stereocenters. The molecule has 68 valence electrons. The van der Waals surface area contributed by atoms with Crippen LogP contribution in [0.1, 0.15) is 40.0 Å². The van der Waals surface area contributed by atoms with Crippen molar-refractivity contribution < 1.29 is 4.74 Å². The smallest absolute Gasteiger partial charge is 0.105 e. The van der Waals surface area contributed by atoms with Crippen LogP contribution in [-0.2, 0) is 4.74 Å².